The molecule has 0 heterocycles. The van der Waals surface area contributed by atoms with Gasteiger partial charge in [0, 0.05) is 5.56 Å². The lowest BCUT2D eigenvalue weighted by atomic mass is 10.1. The molecule has 102 valence electrons. The molecule has 18 heavy (non-hydrogen) atoms. The average Bonchev–Trinajstić information content (AvgIpc) is 2.36. The van der Waals surface area contributed by atoms with E-state index < -0.39 is 6.10 Å². The summed E-state index contributed by atoms with van der Waals surface area (Å²) in [6, 6.07) is 5.70. The molecule has 1 aromatic carbocycles. The average molecular weight is 252 g/mol. The lowest BCUT2D eigenvalue weighted by Crippen LogP contribution is -2.08. The summed E-state index contributed by atoms with van der Waals surface area (Å²) in [6.07, 6.45) is 1.95. The Labute approximate surface area is 110 Å². The zero-order chi connectivity index (χ0) is 13.5. The number of aliphatic hydroxyl groups excluding tert-OH is 1. The number of hydrogen-bond donors (Lipinski definition) is 1. The van der Waals surface area contributed by atoms with E-state index >= 15 is 0 Å². The maximum atomic E-state index is 9.59. The third kappa shape index (κ3) is 4.31. The third-order valence-corrected chi connectivity index (χ3v) is 3.01. The standard InChI is InChI=1S/C15H24O3/c1-5-6-11(2)18-10-14-9-13(12(3)16)7-8-15(14)17-4/h7-9,11-12,16H,5-6,10H2,1-4H3. The van der Waals surface area contributed by atoms with E-state index in [0.717, 1.165) is 29.7 Å². The van der Waals surface area contributed by atoms with E-state index in [1.807, 2.05) is 18.2 Å². The molecule has 3 heteroatoms. The van der Waals surface area contributed by atoms with Crippen molar-refractivity contribution in [2.45, 2.75) is 52.4 Å². The second-order valence-corrected chi connectivity index (χ2v) is 4.66. The Bertz CT molecular complexity index is 361. The largest absolute Gasteiger partial charge is 0.496 e. The molecule has 2 unspecified atom stereocenters. The minimum absolute atomic E-state index is 0.245. The van der Waals surface area contributed by atoms with Gasteiger partial charge in [0.25, 0.3) is 0 Å². The molecule has 3 nitrogen and oxygen atoms in total. The van der Waals surface area contributed by atoms with Crippen LogP contribution in [0.3, 0.4) is 0 Å². The normalized spacial score (nSPS) is 14.3. The zero-order valence-corrected chi connectivity index (χ0v) is 11.8. The molecule has 0 aromatic heterocycles. The minimum Gasteiger partial charge on any atom is -0.496 e. The van der Waals surface area contributed by atoms with E-state index in [1.54, 1.807) is 14.0 Å². The Morgan fingerprint density at radius 3 is 2.56 bits per heavy atom. The van der Waals surface area contributed by atoms with Crippen LogP contribution >= 0.6 is 0 Å². The maximum absolute atomic E-state index is 9.59. The van der Waals surface area contributed by atoms with E-state index in [-0.39, 0.29) is 6.10 Å². The van der Waals surface area contributed by atoms with Crippen molar-refractivity contribution in [3.05, 3.63) is 29.3 Å². The first-order chi connectivity index (χ1) is 8.58. The number of benzene rings is 1. The Hall–Kier alpha value is -1.06. The van der Waals surface area contributed by atoms with Gasteiger partial charge in [-0.05, 0) is 38.0 Å². The first-order valence-corrected chi connectivity index (χ1v) is 6.55. The Morgan fingerprint density at radius 2 is 2.00 bits per heavy atom. The van der Waals surface area contributed by atoms with Gasteiger partial charge in [-0.25, -0.2) is 0 Å². The quantitative estimate of drug-likeness (QED) is 0.807. The predicted octanol–water partition coefficient (Wildman–Crippen LogP) is 3.45. The van der Waals surface area contributed by atoms with Gasteiger partial charge in [-0.1, -0.05) is 19.4 Å². The van der Waals surface area contributed by atoms with Crippen LogP contribution < -0.4 is 4.74 Å². The van der Waals surface area contributed by atoms with Gasteiger partial charge >= 0.3 is 0 Å². The van der Waals surface area contributed by atoms with Crippen molar-refractivity contribution in [3.8, 4) is 5.75 Å². The van der Waals surface area contributed by atoms with Gasteiger partial charge in [0.15, 0.2) is 0 Å². The third-order valence-electron chi connectivity index (χ3n) is 3.01. The van der Waals surface area contributed by atoms with Crippen LogP contribution in [0, 0.1) is 0 Å². The monoisotopic (exact) mass is 252 g/mol. The van der Waals surface area contributed by atoms with Crippen molar-refractivity contribution < 1.29 is 14.6 Å². The lowest BCUT2D eigenvalue weighted by molar-refractivity contribution is 0.0460. The highest BCUT2D eigenvalue weighted by molar-refractivity contribution is 5.37. The SMILES string of the molecule is CCCC(C)OCc1cc(C(C)O)ccc1OC. The Balaban J connectivity index is 2.75. The molecule has 0 amide bonds. The molecule has 0 aliphatic heterocycles. The van der Waals surface area contributed by atoms with Gasteiger partial charge in [0.05, 0.1) is 25.9 Å². The number of methoxy groups -OCH3 is 1. The summed E-state index contributed by atoms with van der Waals surface area (Å²) in [7, 11) is 1.65. The molecule has 1 rings (SSSR count). The summed E-state index contributed by atoms with van der Waals surface area (Å²) >= 11 is 0. The maximum Gasteiger partial charge on any atom is 0.124 e. The molecule has 0 saturated heterocycles. The summed E-state index contributed by atoms with van der Waals surface area (Å²) in [6.45, 7) is 6.50. The van der Waals surface area contributed by atoms with Crippen LogP contribution in [0.15, 0.2) is 18.2 Å². The Morgan fingerprint density at radius 1 is 1.28 bits per heavy atom. The molecule has 0 radical (unpaired) electrons. The molecule has 0 bridgehead atoms. The second-order valence-electron chi connectivity index (χ2n) is 4.66. The van der Waals surface area contributed by atoms with Crippen LogP contribution in [0.1, 0.15) is 50.8 Å². The van der Waals surface area contributed by atoms with E-state index in [1.165, 1.54) is 0 Å². The van der Waals surface area contributed by atoms with E-state index in [9.17, 15) is 5.11 Å². The molecular weight excluding hydrogens is 228 g/mol. The van der Waals surface area contributed by atoms with Crippen LogP contribution in [-0.4, -0.2) is 18.3 Å². The molecular formula is C15H24O3. The lowest BCUT2D eigenvalue weighted by Gasteiger charge is -2.15. The fraction of sp³-hybridized carbons (Fsp3) is 0.600. The predicted molar refractivity (Wildman–Crippen MR) is 72.8 cm³/mol. The van der Waals surface area contributed by atoms with E-state index in [2.05, 4.69) is 13.8 Å². The highest BCUT2D eigenvalue weighted by Crippen LogP contribution is 2.24. The van der Waals surface area contributed by atoms with Crippen molar-refractivity contribution in [2.24, 2.45) is 0 Å². The topological polar surface area (TPSA) is 38.7 Å². The second kappa shape index (κ2) is 7.39. The number of hydrogen-bond acceptors (Lipinski definition) is 3. The first-order valence-electron chi connectivity index (χ1n) is 6.55. The molecule has 0 spiro atoms. The molecule has 0 fully saturated rings. The highest BCUT2D eigenvalue weighted by atomic mass is 16.5. The van der Waals surface area contributed by atoms with Gasteiger partial charge in [0.2, 0.25) is 0 Å². The van der Waals surface area contributed by atoms with Gasteiger partial charge < -0.3 is 14.6 Å². The molecule has 0 aliphatic rings. The number of ether oxygens (including phenoxy) is 2. The highest BCUT2D eigenvalue weighted by Gasteiger charge is 2.09. The van der Waals surface area contributed by atoms with Crippen LogP contribution in [0.25, 0.3) is 0 Å². The fourth-order valence-corrected chi connectivity index (χ4v) is 1.89. The fourth-order valence-electron chi connectivity index (χ4n) is 1.89. The molecule has 1 aromatic rings. The van der Waals surface area contributed by atoms with Crippen LogP contribution in [-0.2, 0) is 11.3 Å². The van der Waals surface area contributed by atoms with Gasteiger partial charge in [-0.15, -0.1) is 0 Å². The first kappa shape index (κ1) is 15.0. The Kier molecular flexibility index (Phi) is 6.16. The molecule has 0 aliphatic carbocycles. The van der Waals surface area contributed by atoms with Crippen molar-refractivity contribution in [1.82, 2.24) is 0 Å². The van der Waals surface area contributed by atoms with Crippen molar-refractivity contribution >= 4 is 0 Å². The van der Waals surface area contributed by atoms with Crippen LogP contribution in [0.5, 0.6) is 5.75 Å². The number of aliphatic hydroxyl groups is 1. The van der Waals surface area contributed by atoms with Crippen molar-refractivity contribution in [3.63, 3.8) is 0 Å². The van der Waals surface area contributed by atoms with Crippen LogP contribution in [0.2, 0.25) is 0 Å². The van der Waals surface area contributed by atoms with E-state index in [4.69, 9.17) is 9.47 Å². The summed E-state index contributed by atoms with van der Waals surface area (Å²) in [5.41, 5.74) is 1.87. The summed E-state index contributed by atoms with van der Waals surface area (Å²) < 4.78 is 11.1. The molecule has 2 atom stereocenters. The summed E-state index contributed by atoms with van der Waals surface area (Å²) in [4.78, 5) is 0. The molecule has 1 N–H and O–H groups in total. The molecule has 0 saturated carbocycles. The van der Waals surface area contributed by atoms with Gasteiger partial charge in [-0.3, -0.25) is 0 Å². The van der Waals surface area contributed by atoms with Crippen molar-refractivity contribution in [2.75, 3.05) is 7.11 Å². The van der Waals surface area contributed by atoms with E-state index in [0.29, 0.717) is 6.61 Å². The van der Waals surface area contributed by atoms with Gasteiger partial charge in [0.1, 0.15) is 5.75 Å². The van der Waals surface area contributed by atoms with Crippen LogP contribution in [0.4, 0.5) is 0 Å². The smallest absolute Gasteiger partial charge is 0.124 e. The summed E-state index contributed by atoms with van der Waals surface area (Å²) in [5.74, 6) is 0.808. The van der Waals surface area contributed by atoms with Crippen molar-refractivity contribution in [1.29, 1.82) is 0 Å². The number of rotatable bonds is 7. The minimum atomic E-state index is -0.470. The van der Waals surface area contributed by atoms with Gasteiger partial charge in [-0.2, -0.15) is 0 Å². The zero-order valence-electron chi connectivity index (χ0n) is 11.8. The summed E-state index contributed by atoms with van der Waals surface area (Å²) in [5, 5.41) is 9.59.